The van der Waals surface area contributed by atoms with E-state index in [1.807, 2.05) is 61.5 Å². The zero-order valence-corrected chi connectivity index (χ0v) is 23.1. The maximum absolute atomic E-state index is 13.9. The molecule has 0 spiro atoms. The molecule has 4 aromatic carbocycles. The highest BCUT2D eigenvalue weighted by molar-refractivity contribution is 7.92. The number of nitro groups is 1. The van der Waals surface area contributed by atoms with E-state index in [0.717, 1.165) is 27.1 Å². The fraction of sp³-hybridized carbons (Fsp3) is 0.167. The van der Waals surface area contributed by atoms with Crippen molar-refractivity contribution in [2.75, 3.05) is 18.0 Å². The Kier molecular flexibility index (Phi) is 8.49. The van der Waals surface area contributed by atoms with Gasteiger partial charge in [-0.2, -0.15) is 0 Å². The lowest BCUT2D eigenvalue weighted by Crippen LogP contribution is -2.42. The lowest BCUT2D eigenvalue weighted by Gasteiger charge is -2.27. The van der Waals surface area contributed by atoms with Gasteiger partial charge in [0, 0.05) is 11.6 Å². The Bertz CT molecular complexity index is 1620. The van der Waals surface area contributed by atoms with Gasteiger partial charge in [0.1, 0.15) is 12.3 Å². The summed E-state index contributed by atoms with van der Waals surface area (Å²) in [7, 11) is -2.90. The third-order valence-electron chi connectivity index (χ3n) is 6.55. The highest BCUT2D eigenvalue weighted by Gasteiger charge is 2.30. The van der Waals surface area contributed by atoms with E-state index in [1.54, 1.807) is 12.1 Å². The highest BCUT2D eigenvalue weighted by Crippen LogP contribution is 2.30. The molecule has 10 heteroatoms. The second-order valence-electron chi connectivity index (χ2n) is 9.18. The molecule has 0 radical (unpaired) electrons. The summed E-state index contributed by atoms with van der Waals surface area (Å²) >= 11 is 0. The minimum Gasteiger partial charge on any atom is -0.497 e. The minimum atomic E-state index is -4.39. The second-order valence-corrected chi connectivity index (χ2v) is 11.0. The third kappa shape index (κ3) is 6.13. The number of hydrogen-bond acceptors (Lipinski definition) is 6. The maximum atomic E-state index is 13.9. The summed E-state index contributed by atoms with van der Waals surface area (Å²) < 4.78 is 33.9. The van der Waals surface area contributed by atoms with Crippen molar-refractivity contribution < 1.29 is 22.9 Å². The van der Waals surface area contributed by atoms with Crippen LogP contribution in [-0.2, 0) is 14.8 Å². The summed E-state index contributed by atoms with van der Waals surface area (Å²) in [6, 6.07) is 26.4. The summed E-state index contributed by atoms with van der Waals surface area (Å²) in [5.41, 5.74) is 2.85. The van der Waals surface area contributed by atoms with Crippen molar-refractivity contribution >= 4 is 27.3 Å². The largest absolute Gasteiger partial charge is 0.497 e. The van der Waals surface area contributed by atoms with Crippen LogP contribution in [0.2, 0.25) is 0 Å². The molecule has 0 aliphatic rings. The Labute approximate surface area is 233 Å². The quantitative estimate of drug-likeness (QED) is 0.207. The van der Waals surface area contributed by atoms with Crippen LogP contribution in [0.3, 0.4) is 0 Å². The molecular formula is C30H29N3O6S. The zero-order chi connectivity index (χ0) is 28.9. The molecule has 0 heterocycles. The number of aryl methyl sites for hydroxylation is 2. The number of ether oxygens (including phenoxy) is 1. The second kappa shape index (κ2) is 12.0. The fourth-order valence-corrected chi connectivity index (χ4v) is 5.81. The van der Waals surface area contributed by atoms with E-state index in [9.17, 15) is 23.3 Å². The smallest absolute Gasteiger partial charge is 0.273 e. The van der Waals surface area contributed by atoms with Crippen LogP contribution < -0.4 is 14.4 Å². The molecule has 0 saturated carbocycles. The first-order valence-corrected chi connectivity index (χ1v) is 13.9. The van der Waals surface area contributed by atoms with E-state index in [2.05, 4.69) is 5.32 Å². The number of hydrogen-bond donors (Lipinski definition) is 1. The molecule has 4 aromatic rings. The molecule has 1 amide bonds. The minimum absolute atomic E-state index is 0.200. The van der Waals surface area contributed by atoms with Gasteiger partial charge < -0.3 is 10.1 Å². The Morgan fingerprint density at radius 1 is 0.925 bits per heavy atom. The molecule has 0 aliphatic carbocycles. The number of methoxy groups -OCH3 is 1. The van der Waals surface area contributed by atoms with Gasteiger partial charge in [-0.15, -0.1) is 0 Å². The maximum Gasteiger partial charge on any atom is 0.273 e. The molecule has 4 rings (SSSR count). The van der Waals surface area contributed by atoms with E-state index < -0.39 is 33.4 Å². The van der Waals surface area contributed by atoms with Crippen molar-refractivity contribution in [1.29, 1.82) is 0 Å². The van der Waals surface area contributed by atoms with Crippen LogP contribution in [0, 0.1) is 24.0 Å². The molecule has 0 fully saturated rings. The van der Waals surface area contributed by atoms with Crippen molar-refractivity contribution in [2.24, 2.45) is 0 Å². The van der Waals surface area contributed by atoms with Crippen molar-refractivity contribution in [3.8, 4) is 5.75 Å². The molecule has 206 valence electrons. The Hall–Kier alpha value is -4.70. The third-order valence-corrected chi connectivity index (χ3v) is 8.32. The Balaban J connectivity index is 1.74. The molecule has 0 aliphatic heterocycles. The number of carbonyl (C=O) groups is 1. The van der Waals surface area contributed by atoms with Gasteiger partial charge >= 0.3 is 0 Å². The monoisotopic (exact) mass is 559 g/mol. The lowest BCUT2D eigenvalue weighted by molar-refractivity contribution is -0.385. The number of nitrogens with one attached hydrogen (secondary N) is 1. The summed E-state index contributed by atoms with van der Waals surface area (Å²) in [6.07, 6.45) is 0. The normalized spacial score (nSPS) is 11.9. The molecule has 0 aromatic heterocycles. The van der Waals surface area contributed by atoms with Gasteiger partial charge in [0.15, 0.2) is 0 Å². The average Bonchev–Trinajstić information content (AvgIpc) is 2.95. The van der Waals surface area contributed by atoms with E-state index in [4.69, 9.17) is 4.74 Å². The summed E-state index contributed by atoms with van der Waals surface area (Å²) in [6.45, 7) is 2.90. The molecule has 9 nitrogen and oxygen atoms in total. The summed E-state index contributed by atoms with van der Waals surface area (Å²) in [5, 5.41) is 14.5. The van der Waals surface area contributed by atoms with Crippen LogP contribution >= 0.6 is 0 Å². The predicted molar refractivity (Wildman–Crippen MR) is 153 cm³/mol. The summed E-state index contributed by atoms with van der Waals surface area (Å²) in [5.74, 6) is -0.0571. The Morgan fingerprint density at radius 2 is 1.57 bits per heavy atom. The first-order chi connectivity index (χ1) is 19.1. The summed E-state index contributed by atoms with van der Waals surface area (Å²) in [4.78, 5) is 24.2. The van der Waals surface area contributed by atoms with Gasteiger partial charge in [0.25, 0.3) is 15.7 Å². The van der Waals surface area contributed by atoms with Gasteiger partial charge in [-0.1, -0.05) is 60.7 Å². The topological polar surface area (TPSA) is 119 Å². The van der Waals surface area contributed by atoms with Crippen LogP contribution in [0.1, 0.15) is 28.3 Å². The number of benzene rings is 4. The first-order valence-electron chi connectivity index (χ1n) is 12.4. The lowest BCUT2D eigenvalue weighted by atomic mass is 9.95. The standard InChI is InChI=1S/C30H29N3O6S/c1-21-9-7-8-12-27(21)30(23-10-5-4-6-11-23)31-29(34)20-32(24-14-16-25(39-3)17-15-24)40(37,38)26-18-13-22(2)28(19-26)33(35)36/h4-19,30H,20H2,1-3H3,(H,31,34). The Morgan fingerprint density at radius 3 is 2.20 bits per heavy atom. The molecule has 0 saturated heterocycles. The van der Waals surface area contributed by atoms with Crippen LogP contribution in [0.5, 0.6) is 5.75 Å². The van der Waals surface area contributed by atoms with Crippen molar-refractivity contribution in [2.45, 2.75) is 24.8 Å². The first kappa shape index (κ1) is 28.3. The predicted octanol–water partition coefficient (Wildman–Crippen LogP) is 5.32. The van der Waals surface area contributed by atoms with Crippen LogP contribution in [-0.4, -0.2) is 32.9 Å². The van der Waals surface area contributed by atoms with Crippen LogP contribution in [0.25, 0.3) is 0 Å². The number of rotatable bonds is 10. The number of amides is 1. The van der Waals surface area contributed by atoms with E-state index in [-0.39, 0.29) is 16.3 Å². The van der Waals surface area contributed by atoms with Gasteiger partial charge in [0.05, 0.1) is 28.7 Å². The number of nitrogens with zero attached hydrogens (tertiary/aromatic N) is 2. The van der Waals surface area contributed by atoms with Gasteiger partial charge in [-0.25, -0.2) is 8.42 Å². The van der Waals surface area contributed by atoms with E-state index in [1.165, 1.54) is 38.3 Å². The zero-order valence-electron chi connectivity index (χ0n) is 22.3. The molecule has 1 unspecified atom stereocenters. The molecular weight excluding hydrogens is 530 g/mol. The van der Waals surface area contributed by atoms with Crippen LogP contribution in [0.15, 0.2) is 102 Å². The van der Waals surface area contributed by atoms with Gasteiger partial charge in [0.2, 0.25) is 5.91 Å². The number of nitro benzene ring substituents is 1. The fourth-order valence-electron chi connectivity index (χ4n) is 4.37. The average molecular weight is 560 g/mol. The number of anilines is 1. The molecule has 0 bridgehead atoms. The number of sulfonamides is 1. The van der Waals surface area contributed by atoms with Crippen molar-refractivity contribution in [1.82, 2.24) is 5.32 Å². The number of carbonyl (C=O) groups excluding carboxylic acids is 1. The highest BCUT2D eigenvalue weighted by atomic mass is 32.2. The molecule has 40 heavy (non-hydrogen) atoms. The van der Waals surface area contributed by atoms with E-state index >= 15 is 0 Å². The van der Waals surface area contributed by atoms with Crippen LogP contribution in [0.4, 0.5) is 11.4 Å². The van der Waals surface area contributed by atoms with Crippen molar-refractivity contribution in [3.05, 3.63) is 129 Å². The van der Waals surface area contributed by atoms with E-state index in [0.29, 0.717) is 11.3 Å². The van der Waals surface area contributed by atoms with Gasteiger partial charge in [-0.3, -0.25) is 19.2 Å². The molecule has 1 atom stereocenters. The van der Waals surface area contributed by atoms with Crippen molar-refractivity contribution in [3.63, 3.8) is 0 Å². The SMILES string of the molecule is COc1ccc(N(CC(=O)NC(c2ccccc2)c2ccccc2C)S(=O)(=O)c2ccc(C)c([N+](=O)[O-])c2)cc1. The molecule has 1 N–H and O–H groups in total. The van der Waals surface area contributed by atoms with Gasteiger partial charge in [-0.05, 0) is 60.9 Å².